The van der Waals surface area contributed by atoms with Crippen molar-refractivity contribution in [2.75, 3.05) is 0 Å². The topological polar surface area (TPSA) is 33.6 Å². The number of hydrogen-bond acceptors (Lipinski definition) is 2. The highest BCUT2D eigenvalue weighted by molar-refractivity contribution is 7.71. The van der Waals surface area contributed by atoms with Crippen LogP contribution in [0.3, 0.4) is 0 Å². The summed E-state index contributed by atoms with van der Waals surface area (Å²) in [5.74, 6) is -3.03. The quantitative estimate of drug-likeness (QED) is 0.573. The average Bonchev–Trinajstić information content (AvgIpc) is 2.85. The van der Waals surface area contributed by atoms with Gasteiger partial charge in [-0.3, -0.25) is 9.67 Å². The van der Waals surface area contributed by atoms with Gasteiger partial charge in [0.2, 0.25) is 0 Å². The zero-order valence-corrected chi connectivity index (χ0v) is 11.3. The summed E-state index contributed by atoms with van der Waals surface area (Å²) in [7, 11) is 0. The molecule has 3 rings (SSSR count). The van der Waals surface area contributed by atoms with Crippen molar-refractivity contribution < 1.29 is 13.2 Å². The Morgan fingerprint density at radius 3 is 2.33 bits per heavy atom. The van der Waals surface area contributed by atoms with Crippen molar-refractivity contribution in [3.8, 4) is 17.1 Å². The zero-order chi connectivity index (χ0) is 15.0. The second kappa shape index (κ2) is 5.17. The fourth-order valence-electron chi connectivity index (χ4n) is 1.98. The maximum absolute atomic E-state index is 14.0. The Labute approximate surface area is 122 Å². The molecule has 106 valence electrons. The normalized spacial score (nSPS) is 10.8. The number of nitrogens with zero attached hydrogens (tertiary/aromatic N) is 2. The van der Waals surface area contributed by atoms with Crippen LogP contribution in [-0.2, 0) is 0 Å². The molecule has 0 aliphatic carbocycles. The molecule has 0 saturated carbocycles. The Kier molecular flexibility index (Phi) is 3.34. The number of rotatable bonds is 2. The first kappa shape index (κ1) is 13.6. The zero-order valence-electron chi connectivity index (χ0n) is 10.5. The molecule has 0 unspecified atom stereocenters. The monoisotopic (exact) mass is 307 g/mol. The first-order chi connectivity index (χ1) is 10.1. The van der Waals surface area contributed by atoms with Crippen molar-refractivity contribution in [3.05, 3.63) is 64.7 Å². The number of halogens is 3. The lowest BCUT2D eigenvalue weighted by atomic mass is 10.2. The molecule has 1 aromatic heterocycles. The Bertz CT molecular complexity index is 856. The maximum atomic E-state index is 14.0. The van der Waals surface area contributed by atoms with E-state index in [1.54, 1.807) is 24.3 Å². The van der Waals surface area contributed by atoms with Gasteiger partial charge in [0.1, 0.15) is 5.82 Å². The number of aromatic nitrogens is 3. The van der Waals surface area contributed by atoms with E-state index < -0.39 is 17.5 Å². The molecule has 0 amide bonds. The van der Waals surface area contributed by atoms with Crippen LogP contribution >= 0.6 is 12.2 Å². The molecule has 3 nitrogen and oxygen atoms in total. The second-order valence-electron chi connectivity index (χ2n) is 4.27. The summed E-state index contributed by atoms with van der Waals surface area (Å²) in [6.07, 6.45) is 0. The third-order valence-electron chi connectivity index (χ3n) is 2.93. The number of nitrogens with one attached hydrogen (secondary N) is 1. The van der Waals surface area contributed by atoms with Crippen LogP contribution in [-0.4, -0.2) is 14.8 Å². The SMILES string of the molecule is Fc1cc(F)c(-n2c(-c3ccccc3)n[nH]c2=S)cc1F. The molecule has 0 fully saturated rings. The summed E-state index contributed by atoms with van der Waals surface area (Å²) in [4.78, 5) is 0. The van der Waals surface area contributed by atoms with Crippen LogP contribution in [0.15, 0.2) is 42.5 Å². The van der Waals surface area contributed by atoms with Crippen LogP contribution in [0, 0.1) is 22.2 Å². The highest BCUT2D eigenvalue weighted by Gasteiger charge is 2.17. The second-order valence-corrected chi connectivity index (χ2v) is 4.66. The van der Waals surface area contributed by atoms with Crippen molar-refractivity contribution in [1.29, 1.82) is 0 Å². The van der Waals surface area contributed by atoms with Gasteiger partial charge in [0.05, 0.1) is 5.69 Å². The molecular formula is C14H8F3N3S. The highest BCUT2D eigenvalue weighted by Crippen LogP contribution is 2.24. The van der Waals surface area contributed by atoms with Gasteiger partial charge in [-0.05, 0) is 12.2 Å². The highest BCUT2D eigenvalue weighted by atomic mass is 32.1. The van der Waals surface area contributed by atoms with Gasteiger partial charge >= 0.3 is 0 Å². The first-order valence-corrected chi connectivity index (χ1v) is 6.36. The maximum Gasteiger partial charge on any atom is 0.200 e. The minimum atomic E-state index is -1.26. The molecule has 2 aromatic carbocycles. The molecule has 21 heavy (non-hydrogen) atoms. The Balaban J connectivity index is 2.27. The van der Waals surface area contributed by atoms with E-state index in [-0.39, 0.29) is 10.5 Å². The van der Waals surface area contributed by atoms with Crippen LogP contribution in [0.1, 0.15) is 0 Å². The van der Waals surface area contributed by atoms with E-state index in [4.69, 9.17) is 12.2 Å². The van der Waals surface area contributed by atoms with Crippen LogP contribution in [0.25, 0.3) is 17.1 Å². The first-order valence-electron chi connectivity index (χ1n) is 5.95. The number of aromatic amines is 1. The minimum absolute atomic E-state index is 0.0822. The van der Waals surface area contributed by atoms with E-state index in [9.17, 15) is 13.2 Å². The summed E-state index contributed by atoms with van der Waals surface area (Å²) in [6.45, 7) is 0. The van der Waals surface area contributed by atoms with Gasteiger partial charge in [0.15, 0.2) is 22.2 Å². The minimum Gasteiger partial charge on any atom is -0.265 e. The fraction of sp³-hybridized carbons (Fsp3) is 0. The number of benzene rings is 2. The molecule has 0 aliphatic heterocycles. The molecule has 0 aliphatic rings. The van der Waals surface area contributed by atoms with E-state index in [0.717, 1.165) is 6.07 Å². The largest absolute Gasteiger partial charge is 0.265 e. The van der Waals surface area contributed by atoms with Gasteiger partial charge in [-0.1, -0.05) is 30.3 Å². The lowest BCUT2D eigenvalue weighted by Gasteiger charge is -2.08. The van der Waals surface area contributed by atoms with Gasteiger partial charge < -0.3 is 0 Å². The van der Waals surface area contributed by atoms with Gasteiger partial charge in [0, 0.05) is 17.7 Å². The number of H-pyrrole nitrogens is 1. The fourth-order valence-corrected chi connectivity index (χ4v) is 2.22. The average molecular weight is 307 g/mol. The van der Waals surface area contributed by atoms with E-state index in [1.807, 2.05) is 6.07 Å². The van der Waals surface area contributed by atoms with Crippen LogP contribution < -0.4 is 0 Å². The molecule has 7 heteroatoms. The van der Waals surface area contributed by atoms with Gasteiger partial charge in [-0.15, -0.1) is 0 Å². The molecular weight excluding hydrogens is 299 g/mol. The molecule has 0 atom stereocenters. The molecule has 0 saturated heterocycles. The molecule has 0 radical (unpaired) electrons. The molecule has 1 heterocycles. The van der Waals surface area contributed by atoms with E-state index in [2.05, 4.69) is 10.2 Å². The third-order valence-corrected chi connectivity index (χ3v) is 3.21. The van der Waals surface area contributed by atoms with Crippen LogP contribution in [0.2, 0.25) is 0 Å². The molecule has 0 spiro atoms. The summed E-state index contributed by atoms with van der Waals surface area (Å²) in [5.41, 5.74) is 0.459. The Morgan fingerprint density at radius 1 is 0.952 bits per heavy atom. The lowest BCUT2D eigenvalue weighted by molar-refractivity contribution is 0.493. The Hall–Kier alpha value is -2.41. The van der Waals surface area contributed by atoms with Gasteiger partial charge in [0.25, 0.3) is 0 Å². The smallest absolute Gasteiger partial charge is 0.200 e. The van der Waals surface area contributed by atoms with Crippen molar-refractivity contribution in [3.63, 3.8) is 0 Å². The van der Waals surface area contributed by atoms with E-state index >= 15 is 0 Å². The summed E-state index contributed by atoms with van der Waals surface area (Å²) in [5, 5.41) is 6.55. The number of hydrogen-bond donors (Lipinski definition) is 1. The molecule has 1 N–H and O–H groups in total. The van der Waals surface area contributed by atoms with Crippen molar-refractivity contribution in [2.45, 2.75) is 0 Å². The van der Waals surface area contributed by atoms with Crippen LogP contribution in [0.5, 0.6) is 0 Å². The summed E-state index contributed by atoms with van der Waals surface area (Å²) >= 11 is 5.05. The van der Waals surface area contributed by atoms with Gasteiger partial charge in [-0.25, -0.2) is 13.2 Å². The predicted octanol–water partition coefficient (Wildman–Crippen LogP) is 4.01. The predicted molar refractivity (Wildman–Crippen MR) is 74.1 cm³/mol. The third kappa shape index (κ3) is 2.36. The molecule has 0 bridgehead atoms. The van der Waals surface area contributed by atoms with Gasteiger partial charge in [-0.2, -0.15) is 5.10 Å². The summed E-state index contributed by atoms with van der Waals surface area (Å²) < 4.78 is 41.7. The standard InChI is InChI=1S/C14H8F3N3S/c15-9-6-11(17)12(7-10(9)16)20-13(18-19-14(20)21)8-4-2-1-3-5-8/h1-7H,(H,19,21). The van der Waals surface area contributed by atoms with Crippen molar-refractivity contribution in [2.24, 2.45) is 0 Å². The van der Waals surface area contributed by atoms with Crippen molar-refractivity contribution in [1.82, 2.24) is 14.8 Å². The molecule has 3 aromatic rings. The van der Waals surface area contributed by atoms with E-state index in [1.165, 1.54) is 4.57 Å². The lowest BCUT2D eigenvalue weighted by Crippen LogP contribution is -2.03. The Morgan fingerprint density at radius 2 is 1.62 bits per heavy atom. The summed E-state index contributed by atoms with van der Waals surface area (Å²) in [6, 6.07) is 10.1. The van der Waals surface area contributed by atoms with E-state index in [0.29, 0.717) is 17.5 Å². The van der Waals surface area contributed by atoms with Crippen molar-refractivity contribution >= 4 is 12.2 Å². The van der Waals surface area contributed by atoms with Crippen LogP contribution in [0.4, 0.5) is 13.2 Å².